The molecule has 37 heavy (non-hydrogen) atoms. The maximum absolute atomic E-state index is 12.5. The predicted molar refractivity (Wildman–Crippen MR) is 148 cm³/mol. The lowest BCUT2D eigenvalue weighted by molar-refractivity contribution is -0.127. The normalized spacial score (nSPS) is 11.6. The Balaban J connectivity index is 1.25. The summed E-state index contributed by atoms with van der Waals surface area (Å²) in [5.41, 5.74) is 5.41. The maximum Gasteiger partial charge on any atom is 0.280 e. The molecule has 0 radical (unpaired) electrons. The third kappa shape index (κ3) is 8.22. The van der Waals surface area contributed by atoms with Gasteiger partial charge in [0, 0.05) is 10.0 Å². The van der Waals surface area contributed by atoms with Crippen LogP contribution in [0.4, 0.5) is 0 Å². The molecule has 6 nitrogen and oxygen atoms in total. The van der Waals surface area contributed by atoms with Gasteiger partial charge in [0.05, 0.1) is 6.21 Å². The zero-order chi connectivity index (χ0) is 25.9. The minimum Gasteiger partial charge on any atom is -0.489 e. The number of rotatable bonds is 11. The van der Waals surface area contributed by atoms with E-state index in [4.69, 9.17) is 14.2 Å². The first-order chi connectivity index (χ1) is 18.1. The van der Waals surface area contributed by atoms with Gasteiger partial charge in [-0.25, -0.2) is 5.43 Å². The van der Waals surface area contributed by atoms with Crippen LogP contribution in [0.2, 0.25) is 0 Å². The molecule has 1 atom stereocenters. The molecule has 0 fully saturated rings. The Morgan fingerprint density at radius 3 is 2.19 bits per heavy atom. The molecule has 0 unspecified atom stereocenters. The number of carbonyl (C=O) groups excluding carboxylic acids is 1. The van der Waals surface area contributed by atoms with Crippen LogP contribution in [-0.2, 0) is 18.0 Å². The van der Waals surface area contributed by atoms with Crippen molar-refractivity contribution in [1.29, 1.82) is 0 Å². The van der Waals surface area contributed by atoms with E-state index in [1.54, 1.807) is 25.3 Å². The number of amides is 1. The minimum absolute atomic E-state index is 0.367. The summed E-state index contributed by atoms with van der Waals surface area (Å²) in [4.78, 5) is 12.5. The van der Waals surface area contributed by atoms with E-state index >= 15 is 0 Å². The van der Waals surface area contributed by atoms with Gasteiger partial charge in [0.15, 0.2) is 6.10 Å². The van der Waals surface area contributed by atoms with Crippen LogP contribution < -0.4 is 19.6 Å². The SMILES string of the molecule is C[C@H](Oc1ccc(OCc2ccccc2)cc1)C(=O)N/N=C\c1ccccc1OCc1ccc(Br)cc1. The van der Waals surface area contributed by atoms with Crippen LogP contribution in [0, 0.1) is 0 Å². The smallest absolute Gasteiger partial charge is 0.280 e. The van der Waals surface area contributed by atoms with E-state index in [-0.39, 0.29) is 5.91 Å². The fourth-order valence-electron chi connectivity index (χ4n) is 3.33. The first-order valence-corrected chi connectivity index (χ1v) is 12.6. The first-order valence-electron chi connectivity index (χ1n) is 11.8. The van der Waals surface area contributed by atoms with Crippen molar-refractivity contribution in [3.63, 3.8) is 0 Å². The van der Waals surface area contributed by atoms with Crippen LogP contribution in [-0.4, -0.2) is 18.2 Å². The molecule has 7 heteroatoms. The summed E-state index contributed by atoms with van der Waals surface area (Å²) < 4.78 is 18.5. The van der Waals surface area contributed by atoms with Gasteiger partial charge >= 0.3 is 0 Å². The van der Waals surface area contributed by atoms with E-state index in [0.29, 0.717) is 24.7 Å². The van der Waals surface area contributed by atoms with Crippen molar-refractivity contribution in [3.8, 4) is 17.2 Å². The van der Waals surface area contributed by atoms with Crippen LogP contribution in [0.3, 0.4) is 0 Å². The van der Waals surface area contributed by atoms with E-state index in [2.05, 4.69) is 26.5 Å². The molecule has 1 amide bonds. The number of halogens is 1. The van der Waals surface area contributed by atoms with Crippen LogP contribution in [0.1, 0.15) is 23.6 Å². The van der Waals surface area contributed by atoms with Crippen LogP contribution in [0.15, 0.2) is 113 Å². The highest BCUT2D eigenvalue weighted by Gasteiger charge is 2.14. The maximum atomic E-state index is 12.5. The molecular formula is C30H27BrN2O4. The highest BCUT2D eigenvalue weighted by atomic mass is 79.9. The van der Waals surface area contributed by atoms with Gasteiger partial charge in [-0.1, -0.05) is 70.5 Å². The molecule has 0 spiro atoms. The molecule has 0 aliphatic carbocycles. The summed E-state index contributed by atoms with van der Waals surface area (Å²) in [5, 5.41) is 4.09. The van der Waals surface area contributed by atoms with Crippen molar-refractivity contribution >= 4 is 28.1 Å². The Kier molecular flexibility index (Phi) is 9.32. The van der Waals surface area contributed by atoms with Gasteiger partial charge < -0.3 is 14.2 Å². The van der Waals surface area contributed by atoms with E-state index in [1.165, 1.54) is 0 Å². The highest BCUT2D eigenvalue weighted by Crippen LogP contribution is 2.20. The Hall–Kier alpha value is -4.10. The number of hydrogen-bond acceptors (Lipinski definition) is 5. The highest BCUT2D eigenvalue weighted by molar-refractivity contribution is 9.10. The van der Waals surface area contributed by atoms with Gasteiger partial charge in [-0.2, -0.15) is 5.10 Å². The lowest BCUT2D eigenvalue weighted by Gasteiger charge is -2.14. The number of hydrazone groups is 1. The lowest BCUT2D eigenvalue weighted by Crippen LogP contribution is -2.33. The van der Waals surface area contributed by atoms with E-state index < -0.39 is 6.10 Å². The van der Waals surface area contributed by atoms with Crippen molar-refractivity contribution < 1.29 is 19.0 Å². The Bertz CT molecular complexity index is 1310. The van der Waals surface area contributed by atoms with Crippen molar-refractivity contribution in [2.45, 2.75) is 26.2 Å². The molecule has 0 saturated heterocycles. The summed E-state index contributed by atoms with van der Waals surface area (Å²) in [6.45, 7) is 2.57. The number of carbonyl (C=O) groups is 1. The molecule has 0 aliphatic rings. The van der Waals surface area contributed by atoms with Gasteiger partial charge in [0.1, 0.15) is 30.5 Å². The summed E-state index contributed by atoms with van der Waals surface area (Å²) in [7, 11) is 0. The molecule has 188 valence electrons. The van der Waals surface area contributed by atoms with Crippen molar-refractivity contribution in [2.24, 2.45) is 5.10 Å². The second-order valence-corrected chi connectivity index (χ2v) is 9.11. The van der Waals surface area contributed by atoms with Crippen molar-refractivity contribution in [3.05, 3.63) is 124 Å². The molecule has 4 aromatic carbocycles. The fraction of sp³-hybridized carbons (Fsp3) is 0.133. The molecule has 0 bridgehead atoms. The first kappa shape index (κ1) is 26.0. The van der Waals surface area contributed by atoms with Gasteiger partial charge in [-0.3, -0.25) is 4.79 Å². The van der Waals surface area contributed by atoms with E-state index in [1.807, 2.05) is 91.0 Å². The summed E-state index contributed by atoms with van der Waals surface area (Å²) >= 11 is 3.43. The standard InChI is InChI=1S/C30H27BrN2O4/c1-22(37-28-17-15-27(16-18-28)35-20-23-7-3-2-4-8-23)30(34)33-32-19-25-9-5-6-10-29(25)36-21-24-11-13-26(31)14-12-24/h2-19,22H,20-21H2,1H3,(H,33,34)/b32-19-/t22-/m0/s1. The Labute approximate surface area is 225 Å². The minimum atomic E-state index is -0.739. The van der Waals surface area contributed by atoms with Crippen LogP contribution >= 0.6 is 15.9 Å². The molecule has 4 aromatic rings. The number of ether oxygens (including phenoxy) is 3. The van der Waals surface area contributed by atoms with Crippen molar-refractivity contribution in [1.82, 2.24) is 5.43 Å². The molecule has 0 saturated carbocycles. The van der Waals surface area contributed by atoms with Gasteiger partial charge in [0.2, 0.25) is 0 Å². The van der Waals surface area contributed by atoms with Crippen LogP contribution in [0.25, 0.3) is 0 Å². The quantitative estimate of drug-likeness (QED) is 0.168. The fourth-order valence-corrected chi connectivity index (χ4v) is 3.59. The number of nitrogens with one attached hydrogen (secondary N) is 1. The average Bonchev–Trinajstić information content (AvgIpc) is 2.93. The zero-order valence-corrected chi connectivity index (χ0v) is 21.9. The largest absolute Gasteiger partial charge is 0.489 e. The number of benzene rings is 4. The second kappa shape index (κ2) is 13.3. The summed E-state index contributed by atoms with van der Waals surface area (Å²) in [5.74, 6) is 1.58. The molecular weight excluding hydrogens is 532 g/mol. The average molecular weight is 559 g/mol. The van der Waals surface area contributed by atoms with Gasteiger partial charge in [-0.05, 0) is 66.6 Å². The number of nitrogens with zero attached hydrogens (tertiary/aromatic N) is 1. The predicted octanol–water partition coefficient (Wildman–Crippen LogP) is 6.52. The molecule has 0 aliphatic heterocycles. The molecule has 4 rings (SSSR count). The molecule has 1 N–H and O–H groups in total. The van der Waals surface area contributed by atoms with Crippen molar-refractivity contribution in [2.75, 3.05) is 0 Å². The van der Waals surface area contributed by atoms with Gasteiger partial charge in [0.25, 0.3) is 5.91 Å². The third-order valence-electron chi connectivity index (χ3n) is 5.36. The number of hydrogen-bond donors (Lipinski definition) is 1. The van der Waals surface area contributed by atoms with Crippen LogP contribution in [0.5, 0.6) is 17.2 Å². The van der Waals surface area contributed by atoms with E-state index in [9.17, 15) is 4.79 Å². The number of para-hydroxylation sites is 1. The lowest BCUT2D eigenvalue weighted by atomic mass is 10.2. The monoisotopic (exact) mass is 558 g/mol. The summed E-state index contributed by atoms with van der Waals surface area (Å²) in [6.07, 6.45) is 0.817. The molecule has 0 aromatic heterocycles. The van der Waals surface area contributed by atoms with Gasteiger partial charge in [-0.15, -0.1) is 0 Å². The second-order valence-electron chi connectivity index (χ2n) is 8.19. The summed E-state index contributed by atoms with van der Waals surface area (Å²) in [6, 6.07) is 32.5. The third-order valence-corrected chi connectivity index (χ3v) is 5.89. The zero-order valence-electron chi connectivity index (χ0n) is 20.3. The Morgan fingerprint density at radius 2 is 1.43 bits per heavy atom. The Morgan fingerprint density at radius 1 is 0.811 bits per heavy atom. The topological polar surface area (TPSA) is 69.2 Å². The van der Waals surface area contributed by atoms with E-state index in [0.717, 1.165) is 26.9 Å². The molecule has 0 heterocycles.